The Balaban J connectivity index is 1.68. The number of piperidine rings is 1. The van der Waals surface area contributed by atoms with Crippen LogP contribution < -0.4 is 11.1 Å². The molecule has 12 heteroatoms. The fourth-order valence-electron chi connectivity index (χ4n) is 3.19. The average molecular weight is 472 g/mol. The normalized spacial score (nSPS) is 16.3. The maximum Gasteiger partial charge on any atom is 0.251 e. The fraction of sp³-hybridized carbons (Fsp3) is 0.333. The first-order chi connectivity index (χ1) is 14.0. The third-order valence-electron chi connectivity index (χ3n) is 4.86. The lowest BCUT2D eigenvalue weighted by Crippen LogP contribution is -2.41. The Morgan fingerprint density at radius 1 is 1.10 bits per heavy atom. The first kappa shape index (κ1) is 22.4. The summed E-state index contributed by atoms with van der Waals surface area (Å²) in [5.74, 6) is -1.35. The predicted molar refractivity (Wildman–Crippen MR) is 113 cm³/mol. The molecule has 1 aromatic heterocycles. The van der Waals surface area contributed by atoms with Crippen LogP contribution in [0.15, 0.2) is 45.5 Å². The maximum atomic E-state index is 12.9. The molecule has 0 radical (unpaired) electrons. The Labute approximate surface area is 178 Å². The van der Waals surface area contributed by atoms with Crippen molar-refractivity contribution in [3.05, 3.63) is 41.3 Å². The molecule has 0 saturated carbocycles. The minimum atomic E-state index is -3.88. The number of rotatable bonds is 6. The zero-order chi connectivity index (χ0) is 22.1. The first-order valence-electron chi connectivity index (χ1n) is 8.98. The molecule has 0 aliphatic carbocycles. The minimum Gasteiger partial charge on any atom is -0.366 e. The molecule has 3 rings (SSSR count). The van der Waals surface area contributed by atoms with Gasteiger partial charge in [0.05, 0.1) is 15.4 Å². The van der Waals surface area contributed by atoms with Crippen molar-refractivity contribution in [2.75, 3.05) is 24.7 Å². The number of sulfone groups is 1. The monoisotopic (exact) mass is 471 g/mol. The van der Waals surface area contributed by atoms with Crippen molar-refractivity contribution in [2.24, 2.45) is 11.7 Å². The summed E-state index contributed by atoms with van der Waals surface area (Å²) in [6.07, 6.45) is 1.61. The van der Waals surface area contributed by atoms with Crippen molar-refractivity contribution in [3.63, 3.8) is 0 Å². The Morgan fingerprint density at radius 3 is 2.33 bits per heavy atom. The molecule has 2 aromatic rings. The summed E-state index contributed by atoms with van der Waals surface area (Å²) in [5.41, 5.74) is 5.51. The molecule has 30 heavy (non-hydrogen) atoms. The summed E-state index contributed by atoms with van der Waals surface area (Å²) >= 11 is 1.19. The summed E-state index contributed by atoms with van der Waals surface area (Å²) in [6.45, 7) is 0.243. The zero-order valence-electron chi connectivity index (χ0n) is 16.1. The molecule has 0 bridgehead atoms. The summed E-state index contributed by atoms with van der Waals surface area (Å²) in [4.78, 5) is 23.7. The number of nitrogens with one attached hydrogen (secondary N) is 1. The van der Waals surface area contributed by atoms with Crippen molar-refractivity contribution in [1.82, 2.24) is 4.31 Å². The number of hydrogen-bond donors (Lipinski definition) is 2. The van der Waals surface area contributed by atoms with Gasteiger partial charge in [-0.2, -0.15) is 4.31 Å². The first-order valence-corrected chi connectivity index (χ1v) is 13.2. The second-order valence-corrected chi connectivity index (χ2v) is 11.8. The molecule has 162 valence electrons. The molecule has 0 unspecified atom stereocenters. The van der Waals surface area contributed by atoms with Gasteiger partial charge in [0.2, 0.25) is 15.9 Å². The lowest BCUT2D eigenvalue weighted by Gasteiger charge is -2.30. The van der Waals surface area contributed by atoms with Crippen LogP contribution in [0.25, 0.3) is 0 Å². The summed E-state index contributed by atoms with van der Waals surface area (Å²) in [6, 6.07) is 6.76. The van der Waals surface area contributed by atoms with Gasteiger partial charge in [0.1, 0.15) is 5.00 Å². The number of nitrogens with zero attached hydrogens (tertiary/aromatic N) is 1. The number of primary amides is 1. The molecule has 2 amide bonds. The topological polar surface area (TPSA) is 144 Å². The molecule has 2 heterocycles. The third kappa shape index (κ3) is 4.72. The number of hydrogen-bond acceptors (Lipinski definition) is 7. The van der Waals surface area contributed by atoms with E-state index < -0.39 is 31.7 Å². The van der Waals surface area contributed by atoms with E-state index in [-0.39, 0.29) is 34.4 Å². The summed E-state index contributed by atoms with van der Waals surface area (Å²) in [5, 5.41) is 4.72. The molecule has 0 atom stereocenters. The van der Waals surface area contributed by atoms with Crippen molar-refractivity contribution >= 4 is 48.0 Å². The number of carbonyl (C=O) groups is 2. The van der Waals surface area contributed by atoms with Crippen molar-refractivity contribution < 1.29 is 26.4 Å². The molecule has 1 saturated heterocycles. The number of sulfonamides is 1. The zero-order valence-corrected chi connectivity index (χ0v) is 18.5. The van der Waals surface area contributed by atoms with E-state index in [1.165, 1.54) is 39.9 Å². The molecule has 1 aliphatic heterocycles. The smallest absolute Gasteiger partial charge is 0.251 e. The SMILES string of the molecule is CS(=O)(=O)c1cccc(S(=O)(=O)N2CCC(C(=O)Nc3sccc3C(N)=O)CC2)c1. The fourth-order valence-corrected chi connectivity index (χ4v) is 6.24. The Kier molecular flexibility index (Phi) is 6.32. The van der Waals surface area contributed by atoms with Crippen molar-refractivity contribution in [1.29, 1.82) is 0 Å². The van der Waals surface area contributed by atoms with Crippen molar-refractivity contribution in [3.8, 4) is 0 Å². The van der Waals surface area contributed by atoms with E-state index in [1.807, 2.05) is 0 Å². The summed E-state index contributed by atoms with van der Waals surface area (Å²) in [7, 11) is -7.42. The van der Waals surface area contributed by atoms with E-state index in [0.717, 1.165) is 12.3 Å². The van der Waals surface area contributed by atoms with Crippen LogP contribution in [0.4, 0.5) is 5.00 Å². The predicted octanol–water partition coefficient (Wildman–Crippen LogP) is 1.29. The number of amides is 2. The van der Waals surface area contributed by atoms with Gasteiger partial charge in [-0.25, -0.2) is 16.8 Å². The minimum absolute atomic E-state index is 0.0703. The lowest BCUT2D eigenvalue weighted by molar-refractivity contribution is -0.120. The standard InChI is InChI=1S/C18H21N3O6S3/c1-29(24,25)13-3-2-4-14(11-13)30(26,27)21-8-5-12(6-9-21)17(23)20-18-15(16(19)22)7-10-28-18/h2-4,7,10-12H,5-6,8-9H2,1H3,(H2,19,22)(H,20,23). The average Bonchev–Trinajstić information content (AvgIpc) is 3.16. The number of carbonyl (C=O) groups excluding carboxylic acids is 2. The summed E-state index contributed by atoms with van der Waals surface area (Å²) < 4.78 is 50.5. The van der Waals surface area contributed by atoms with Gasteiger partial charge in [-0.3, -0.25) is 9.59 Å². The van der Waals surface area contributed by atoms with Crippen LogP contribution in [0.5, 0.6) is 0 Å². The molecule has 0 spiro atoms. The van der Waals surface area contributed by atoms with E-state index in [9.17, 15) is 26.4 Å². The highest BCUT2D eigenvalue weighted by Gasteiger charge is 2.33. The molecule has 1 fully saturated rings. The molecule has 3 N–H and O–H groups in total. The van der Waals surface area contributed by atoms with Gasteiger partial charge < -0.3 is 11.1 Å². The van der Waals surface area contributed by atoms with E-state index in [2.05, 4.69) is 5.32 Å². The van der Waals surface area contributed by atoms with Gasteiger partial charge in [0.15, 0.2) is 9.84 Å². The van der Waals surface area contributed by atoms with Crippen molar-refractivity contribution in [2.45, 2.75) is 22.6 Å². The molecule has 1 aliphatic rings. The highest BCUT2D eigenvalue weighted by molar-refractivity contribution is 7.91. The quantitative estimate of drug-likeness (QED) is 0.650. The van der Waals surface area contributed by atoms with E-state index >= 15 is 0 Å². The van der Waals surface area contributed by atoms with Crippen LogP contribution in [-0.4, -0.2) is 52.3 Å². The highest BCUT2D eigenvalue weighted by Crippen LogP contribution is 2.28. The molecule has 1 aromatic carbocycles. The largest absolute Gasteiger partial charge is 0.366 e. The lowest BCUT2D eigenvalue weighted by atomic mass is 9.97. The van der Waals surface area contributed by atoms with Crippen LogP contribution in [0, 0.1) is 5.92 Å². The Bertz CT molecular complexity index is 1180. The van der Waals surface area contributed by atoms with E-state index in [0.29, 0.717) is 17.8 Å². The number of thiophene rings is 1. The Hall–Kier alpha value is -2.28. The van der Waals surface area contributed by atoms with Gasteiger partial charge in [-0.05, 0) is 42.5 Å². The molecule has 9 nitrogen and oxygen atoms in total. The molecular weight excluding hydrogens is 450 g/mol. The number of benzene rings is 1. The van der Waals surface area contributed by atoms with Gasteiger partial charge in [0.25, 0.3) is 5.91 Å². The molecular formula is C18H21N3O6S3. The van der Waals surface area contributed by atoms with Crippen LogP contribution in [0.1, 0.15) is 23.2 Å². The van der Waals surface area contributed by atoms with Gasteiger partial charge in [0, 0.05) is 25.3 Å². The maximum absolute atomic E-state index is 12.9. The van der Waals surface area contributed by atoms with Crippen LogP contribution >= 0.6 is 11.3 Å². The van der Waals surface area contributed by atoms with Crippen LogP contribution in [-0.2, 0) is 24.7 Å². The Morgan fingerprint density at radius 2 is 1.73 bits per heavy atom. The second kappa shape index (κ2) is 8.46. The van der Waals surface area contributed by atoms with Gasteiger partial charge in [-0.1, -0.05) is 6.07 Å². The number of anilines is 1. The van der Waals surface area contributed by atoms with Gasteiger partial charge in [-0.15, -0.1) is 11.3 Å². The van der Waals surface area contributed by atoms with E-state index in [1.54, 1.807) is 5.38 Å². The van der Waals surface area contributed by atoms with E-state index in [4.69, 9.17) is 5.73 Å². The highest BCUT2D eigenvalue weighted by atomic mass is 32.2. The number of nitrogens with two attached hydrogens (primary N) is 1. The van der Waals surface area contributed by atoms with Crippen LogP contribution in [0.3, 0.4) is 0 Å². The van der Waals surface area contributed by atoms with Crippen LogP contribution in [0.2, 0.25) is 0 Å². The second-order valence-electron chi connectivity index (χ2n) is 6.94. The third-order valence-corrected chi connectivity index (χ3v) is 8.70. The van der Waals surface area contributed by atoms with Gasteiger partial charge >= 0.3 is 0 Å².